The largest absolute Gasteiger partial charge is 0.476 e. The molecule has 0 spiro atoms. The summed E-state index contributed by atoms with van der Waals surface area (Å²) in [6.07, 6.45) is 2.37. The molecule has 1 heterocycles. The van der Waals surface area contributed by atoms with E-state index in [1.54, 1.807) is 4.68 Å². The Morgan fingerprint density at radius 1 is 1.47 bits per heavy atom. The highest BCUT2D eigenvalue weighted by atomic mass is 16.5. The van der Waals surface area contributed by atoms with Crippen molar-refractivity contribution in [2.45, 2.75) is 39.7 Å². The van der Waals surface area contributed by atoms with Gasteiger partial charge in [-0.2, -0.15) is 0 Å². The van der Waals surface area contributed by atoms with E-state index in [4.69, 9.17) is 9.84 Å². The van der Waals surface area contributed by atoms with Crippen LogP contribution in [0, 0.1) is 0 Å². The fraction of sp³-hybridized carbons (Fsp3) is 0.727. The molecule has 6 nitrogen and oxygen atoms in total. The SMILES string of the molecule is CCCc1c(C(=O)O)nnn1CCCOCC. The van der Waals surface area contributed by atoms with Gasteiger partial charge in [0.05, 0.1) is 5.69 Å². The van der Waals surface area contributed by atoms with Crippen molar-refractivity contribution in [3.63, 3.8) is 0 Å². The van der Waals surface area contributed by atoms with Crippen molar-refractivity contribution < 1.29 is 14.6 Å². The second kappa shape index (κ2) is 7.01. The minimum absolute atomic E-state index is 0.0725. The lowest BCUT2D eigenvalue weighted by Gasteiger charge is -2.06. The molecule has 0 aliphatic carbocycles. The Balaban J connectivity index is 2.67. The number of aromatic carboxylic acids is 1. The van der Waals surface area contributed by atoms with Gasteiger partial charge in [0.1, 0.15) is 0 Å². The Hall–Kier alpha value is -1.43. The molecular formula is C11H19N3O3. The highest BCUT2D eigenvalue weighted by molar-refractivity contribution is 5.86. The zero-order valence-electron chi connectivity index (χ0n) is 10.3. The monoisotopic (exact) mass is 241 g/mol. The van der Waals surface area contributed by atoms with E-state index >= 15 is 0 Å². The maximum Gasteiger partial charge on any atom is 0.358 e. The number of hydrogen-bond donors (Lipinski definition) is 1. The highest BCUT2D eigenvalue weighted by Gasteiger charge is 2.17. The van der Waals surface area contributed by atoms with Gasteiger partial charge in [0, 0.05) is 19.8 Å². The van der Waals surface area contributed by atoms with Crippen LogP contribution in [-0.2, 0) is 17.7 Å². The molecule has 0 aliphatic rings. The molecule has 0 aliphatic heterocycles. The summed E-state index contributed by atoms with van der Waals surface area (Å²) in [7, 11) is 0. The minimum Gasteiger partial charge on any atom is -0.476 e. The van der Waals surface area contributed by atoms with Crippen LogP contribution in [0.15, 0.2) is 0 Å². The van der Waals surface area contributed by atoms with Gasteiger partial charge in [-0.25, -0.2) is 9.48 Å². The van der Waals surface area contributed by atoms with Crippen LogP contribution < -0.4 is 0 Å². The Bertz CT molecular complexity index is 363. The summed E-state index contributed by atoms with van der Waals surface area (Å²) in [5.41, 5.74) is 0.778. The molecule has 1 rings (SSSR count). The molecule has 0 unspecified atom stereocenters. The molecule has 0 saturated carbocycles. The Morgan fingerprint density at radius 3 is 2.82 bits per heavy atom. The molecule has 1 aromatic rings. The highest BCUT2D eigenvalue weighted by Crippen LogP contribution is 2.09. The first-order valence-corrected chi connectivity index (χ1v) is 5.94. The van der Waals surface area contributed by atoms with E-state index in [1.807, 2.05) is 13.8 Å². The van der Waals surface area contributed by atoms with E-state index in [1.165, 1.54) is 0 Å². The molecular weight excluding hydrogens is 222 g/mol. The normalized spacial score (nSPS) is 10.7. The molecule has 1 aromatic heterocycles. The van der Waals surface area contributed by atoms with Crippen LogP contribution in [0.2, 0.25) is 0 Å². The fourth-order valence-corrected chi connectivity index (χ4v) is 1.62. The van der Waals surface area contributed by atoms with Gasteiger partial charge in [0.25, 0.3) is 0 Å². The standard InChI is InChI=1S/C11H19N3O3/c1-3-6-9-10(11(15)16)12-13-14(9)7-5-8-17-4-2/h3-8H2,1-2H3,(H,15,16). The molecule has 6 heteroatoms. The number of carboxylic acids is 1. The predicted octanol–water partition coefficient (Wildman–Crippen LogP) is 1.36. The lowest BCUT2D eigenvalue weighted by atomic mass is 10.2. The van der Waals surface area contributed by atoms with Gasteiger partial charge in [-0.1, -0.05) is 18.6 Å². The first-order valence-electron chi connectivity index (χ1n) is 5.94. The number of aryl methyl sites for hydroxylation is 1. The molecule has 0 amide bonds. The third-order valence-electron chi connectivity index (χ3n) is 2.39. The quantitative estimate of drug-likeness (QED) is 0.695. The molecule has 17 heavy (non-hydrogen) atoms. The van der Waals surface area contributed by atoms with Crippen LogP contribution in [0.5, 0.6) is 0 Å². The summed E-state index contributed by atoms with van der Waals surface area (Å²) in [6, 6.07) is 0. The second-order valence-electron chi connectivity index (χ2n) is 3.71. The molecule has 96 valence electrons. The number of nitrogens with zero attached hydrogens (tertiary/aromatic N) is 3. The van der Waals surface area contributed by atoms with E-state index in [0.717, 1.165) is 12.8 Å². The average molecular weight is 241 g/mol. The topological polar surface area (TPSA) is 77.2 Å². The van der Waals surface area contributed by atoms with Crippen molar-refractivity contribution in [2.24, 2.45) is 0 Å². The van der Waals surface area contributed by atoms with E-state index in [0.29, 0.717) is 31.9 Å². The van der Waals surface area contributed by atoms with Crippen LogP contribution in [0.1, 0.15) is 42.9 Å². The molecule has 0 radical (unpaired) electrons. The van der Waals surface area contributed by atoms with Gasteiger partial charge in [0.2, 0.25) is 0 Å². The average Bonchev–Trinajstić information content (AvgIpc) is 2.69. The Morgan fingerprint density at radius 2 is 2.24 bits per heavy atom. The van der Waals surface area contributed by atoms with Crippen LogP contribution in [0.4, 0.5) is 0 Å². The smallest absolute Gasteiger partial charge is 0.358 e. The molecule has 0 saturated heterocycles. The number of carboxylic acid groups (broad SMARTS) is 1. The Labute approximate surface area is 101 Å². The lowest BCUT2D eigenvalue weighted by molar-refractivity contribution is 0.0689. The third kappa shape index (κ3) is 3.81. The second-order valence-corrected chi connectivity index (χ2v) is 3.71. The molecule has 0 atom stereocenters. The molecule has 0 aromatic carbocycles. The van der Waals surface area contributed by atoms with Crippen LogP contribution in [0.3, 0.4) is 0 Å². The van der Waals surface area contributed by atoms with Crippen molar-refractivity contribution in [1.82, 2.24) is 15.0 Å². The molecule has 1 N–H and O–H groups in total. The predicted molar refractivity (Wildman–Crippen MR) is 62.1 cm³/mol. The van der Waals surface area contributed by atoms with Gasteiger partial charge < -0.3 is 9.84 Å². The summed E-state index contributed by atoms with van der Waals surface area (Å²) in [4.78, 5) is 10.9. The number of carbonyl (C=O) groups is 1. The maximum absolute atomic E-state index is 10.9. The molecule has 0 bridgehead atoms. The zero-order valence-corrected chi connectivity index (χ0v) is 10.3. The zero-order chi connectivity index (χ0) is 12.7. The number of aromatic nitrogens is 3. The minimum atomic E-state index is -1.01. The van der Waals surface area contributed by atoms with Gasteiger partial charge >= 0.3 is 5.97 Å². The van der Waals surface area contributed by atoms with E-state index in [2.05, 4.69) is 10.3 Å². The van der Waals surface area contributed by atoms with Gasteiger partial charge in [-0.15, -0.1) is 5.10 Å². The summed E-state index contributed by atoms with van der Waals surface area (Å²) in [5, 5.41) is 16.6. The summed E-state index contributed by atoms with van der Waals surface area (Å²) < 4.78 is 6.90. The van der Waals surface area contributed by atoms with Crippen LogP contribution >= 0.6 is 0 Å². The van der Waals surface area contributed by atoms with Crippen molar-refractivity contribution in [3.8, 4) is 0 Å². The Kier molecular flexibility index (Phi) is 5.62. The van der Waals surface area contributed by atoms with Crippen LogP contribution in [0.25, 0.3) is 0 Å². The van der Waals surface area contributed by atoms with Crippen molar-refractivity contribution in [2.75, 3.05) is 13.2 Å². The van der Waals surface area contributed by atoms with E-state index in [9.17, 15) is 4.79 Å². The summed E-state index contributed by atoms with van der Waals surface area (Å²) in [6.45, 7) is 5.95. The van der Waals surface area contributed by atoms with Gasteiger partial charge in [-0.05, 0) is 19.8 Å². The maximum atomic E-state index is 10.9. The van der Waals surface area contributed by atoms with Crippen LogP contribution in [-0.4, -0.2) is 39.3 Å². The van der Waals surface area contributed by atoms with Crippen molar-refractivity contribution in [1.29, 1.82) is 0 Å². The number of rotatable bonds is 8. The summed E-state index contributed by atoms with van der Waals surface area (Å²) in [5.74, 6) is -1.01. The third-order valence-corrected chi connectivity index (χ3v) is 2.39. The van der Waals surface area contributed by atoms with Crippen molar-refractivity contribution in [3.05, 3.63) is 11.4 Å². The number of hydrogen-bond acceptors (Lipinski definition) is 4. The lowest BCUT2D eigenvalue weighted by Crippen LogP contribution is -2.10. The fourth-order valence-electron chi connectivity index (χ4n) is 1.62. The van der Waals surface area contributed by atoms with E-state index in [-0.39, 0.29) is 5.69 Å². The first-order chi connectivity index (χ1) is 8.20. The first kappa shape index (κ1) is 13.6. The van der Waals surface area contributed by atoms with E-state index < -0.39 is 5.97 Å². The van der Waals surface area contributed by atoms with Gasteiger partial charge in [0.15, 0.2) is 5.69 Å². The molecule has 0 fully saturated rings. The van der Waals surface area contributed by atoms with Gasteiger partial charge in [-0.3, -0.25) is 0 Å². The number of ether oxygens (including phenoxy) is 1. The van der Waals surface area contributed by atoms with Crippen molar-refractivity contribution >= 4 is 5.97 Å². The summed E-state index contributed by atoms with van der Waals surface area (Å²) >= 11 is 0.